The molecular formula is C31H25FN4O2S. The summed E-state index contributed by atoms with van der Waals surface area (Å²) in [6.45, 7) is 0. The average Bonchev–Trinajstić information content (AvgIpc) is 3.59. The third-order valence-electron chi connectivity index (χ3n) is 6.68. The van der Waals surface area contributed by atoms with Gasteiger partial charge in [0.25, 0.3) is 0 Å². The number of nitrogens with one attached hydrogen (secondary N) is 1. The molecule has 5 aromatic rings. The van der Waals surface area contributed by atoms with Crippen LogP contribution in [0.3, 0.4) is 0 Å². The van der Waals surface area contributed by atoms with Crippen LogP contribution in [0.25, 0.3) is 5.69 Å². The summed E-state index contributed by atoms with van der Waals surface area (Å²) in [5, 5.41) is 4.05. The molecule has 3 heterocycles. The van der Waals surface area contributed by atoms with Gasteiger partial charge in [-0.05, 0) is 103 Å². The average molecular weight is 537 g/mol. The van der Waals surface area contributed by atoms with Crippen molar-refractivity contribution in [1.29, 1.82) is 0 Å². The Morgan fingerprint density at radius 1 is 0.821 bits per heavy atom. The molecule has 0 bridgehead atoms. The summed E-state index contributed by atoms with van der Waals surface area (Å²) in [4.78, 5) is 6.71. The number of thiocarbonyl (C=S) groups is 1. The first-order valence-electron chi connectivity index (χ1n) is 12.5. The minimum atomic E-state index is -0.294. The van der Waals surface area contributed by atoms with Crippen LogP contribution in [-0.2, 0) is 0 Å². The van der Waals surface area contributed by atoms with E-state index in [0.717, 1.165) is 28.5 Å². The Bertz CT molecular complexity index is 1590. The number of aromatic nitrogens is 2. The Morgan fingerprint density at radius 2 is 1.56 bits per heavy atom. The lowest BCUT2D eigenvalue weighted by Crippen LogP contribution is -2.30. The van der Waals surface area contributed by atoms with E-state index in [0.29, 0.717) is 16.6 Å². The van der Waals surface area contributed by atoms with Gasteiger partial charge in [-0.15, -0.1) is 0 Å². The molecule has 0 saturated carbocycles. The predicted molar refractivity (Wildman–Crippen MR) is 153 cm³/mol. The van der Waals surface area contributed by atoms with Crippen LogP contribution in [0.5, 0.6) is 17.2 Å². The molecule has 0 amide bonds. The molecule has 0 aliphatic carbocycles. The van der Waals surface area contributed by atoms with Crippen molar-refractivity contribution in [3.8, 4) is 22.9 Å². The molecule has 1 aliphatic rings. The molecule has 1 aliphatic heterocycles. The van der Waals surface area contributed by atoms with Gasteiger partial charge in [0.2, 0.25) is 0 Å². The van der Waals surface area contributed by atoms with Crippen molar-refractivity contribution >= 4 is 23.0 Å². The number of halogens is 1. The third kappa shape index (κ3) is 4.94. The highest BCUT2D eigenvalue weighted by atomic mass is 32.1. The summed E-state index contributed by atoms with van der Waals surface area (Å²) < 4.78 is 27.4. The van der Waals surface area contributed by atoms with Crippen LogP contribution in [0.2, 0.25) is 0 Å². The summed E-state index contributed by atoms with van der Waals surface area (Å²) >= 11 is 5.87. The maximum atomic E-state index is 14.2. The van der Waals surface area contributed by atoms with Gasteiger partial charge in [-0.1, -0.05) is 12.1 Å². The van der Waals surface area contributed by atoms with E-state index in [-0.39, 0.29) is 17.9 Å². The second-order valence-electron chi connectivity index (χ2n) is 9.05. The first-order chi connectivity index (χ1) is 19.1. The normalized spacial score (nSPS) is 16.7. The number of nitrogens with zero attached hydrogens (tertiary/aromatic N) is 3. The number of pyridine rings is 1. The van der Waals surface area contributed by atoms with Crippen molar-refractivity contribution in [1.82, 2.24) is 14.9 Å². The van der Waals surface area contributed by atoms with Crippen molar-refractivity contribution in [2.75, 3.05) is 12.0 Å². The number of rotatable bonds is 7. The highest BCUT2D eigenvalue weighted by molar-refractivity contribution is 7.80. The Labute approximate surface area is 231 Å². The van der Waals surface area contributed by atoms with E-state index in [1.165, 1.54) is 12.1 Å². The van der Waals surface area contributed by atoms with E-state index in [9.17, 15) is 4.39 Å². The van der Waals surface area contributed by atoms with Crippen LogP contribution in [-0.4, -0.2) is 21.8 Å². The van der Waals surface area contributed by atoms with Crippen LogP contribution >= 0.6 is 12.2 Å². The van der Waals surface area contributed by atoms with Gasteiger partial charge in [-0.3, -0.25) is 4.98 Å². The maximum Gasteiger partial charge on any atom is 0.174 e. The molecule has 1 fully saturated rings. The number of anilines is 1. The fourth-order valence-corrected chi connectivity index (χ4v) is 5.23. The lowest BCUT2D eigenvalue weighted by Gasteiger charge is -2.29. The Balaban J connectivity index is 1.37. The van der Waals surface area contributed by atoms with Crippen molar-refractivity contribution in [2.24, 2.45) is 0 Å². The molecule has 0 radical (unpaired) electrons. The topological polar surface area (TPSA) is 51.6 Å². The van der Waals surface area contributed by atoms with Gasteiger partial charge in [0.05, 0.1) is 18.8 Å². The van der Waals surface area contributed by atoms with Crippen LogP contribution in [0.15, 0.2) is 116 Å². The van der Waals surface area contributed by atoms with Gasteiger partial charge >= 0.3 is 0 Å². The SMILES string of the molecule is COc1ccc(Oc2ccc(N3C(=S)N[C@H](c4ccccn4)[C@H]3c3cccn3-c3cccc(F)c3)cc2)cc1. The molecule has 2 atom stereocenters. The van der Waals surface area contributed by atoms with Gasteiger partial charge in [0, 0.05) is 29.5 Å². The lowest BCUT2D eigenvalue weighted by molar-refractivity contribution is 0.413. The predicted octanol–water partition coefficient (Wildman–Crippen LogP) is 6.99. The molecule has 2 aromatic heterocycles. The molecule has 39 heavy (non-hydrogen) atoms. The first-order valence-corrected chi connectivity index (χ1v) is 12.9. The van der Waals surface area contributed by atoms with Gasteiger partial charge in [-0.25, -0.2) is 4.39 Å². The molecule has 6 rings (SSSR count). The second kappa shape index (κ2) is 10.6. The Hall–Kier alpha value is -4.69. The van der Waals surface area contributed by atoms with Gasteiger partial charge in [-0.2, -0.15) is 0 Å². The van der Waals surface area contributed by atoms with Crippen LogP contribution in [0.1, 0.15) is 23.5 Å². The summed E-state index contributed by atoms with van der Waals surface area (Å²) in [6, 6.07) is 31.1. The van der Waals surface area contributed by atoms with E-state index in [1.54, 1.807) is 19.4 Å². The monoisotopic (exact) mass is 536 g/mol. The van der Waals surface area contributed by atoms with E-state index >= 15 is 0 Å². The maximum absolute atomic E-state index is 14.2. The van der Waals surface area contributed by atoms with Crippen molar-refractivity contribution in [3.63, 3.8) is 0 Å². The first kappa shape index (κ1) is 24.6. The highest BCUT2D eigenvalue weighted by Gasteiger charge is 2.42. The number of methoxy groups -OCH3 is 1. The molecule has 1 N–H and O–H groups in total. The summed E-state index contributed by atoms with van der Waals surface area (Å²) in [7, 11) is 1.63. The minimum absolute atomic E-state index is 0.226. The molecular weight excluding hydrogens is 511 g/mol. The summed E-state index contributed by atoms with van der Waals surface area (Å²) in [5.41, 5.74) is 3.43. The van der Waals surface area contributed by atoms with Crippen LogP contribution in [0.4, 0.5) is 10.1 Å². The summed E-state index contributed by atoms with van der Waals surface area (Å²) in [6.07, 6.45) is 3.71. The molecule has 0 spiro atoms. The van der Waals surface area contributed by atoms with Crippen LogP contribution in [0, 0.1) is 5.82 Å². The van der Waals surface area contributed by atoms with E-state index < -0.39 is 0 Å². The smallest absolute Gasteiger partial charge is 0.174 e. The Morgan fingerprint density at radius 3 is 2.26 bits per heavy atom. The van der Waals surface area contributed by atoms with E-state index in [1.807, 2.05) is 95.7 Å². The zero-order valence-corrected chi connectivity index (χ0v) is 21.9. The number of hydrogen-bond acceptors (Lipinski definition) is 4. The highest BCUT2D eigenvalue weighted by Crippen LogP contribution is 2.42. The molecule has 6 nitrogen and oxygen atoms in total. The zero-order valence-electron chi connectivity index (χ0n) is 21.1. The standard InChI is InChI=1S/C31H25FN4O2S/c1-37-24-14-16-26(17-15-24)38-25-12-10-22(11-13-25)36-30(29(34-31(36)39)27-8-2-3-18-33-27)28-9-5-19-35(28)23-7-4-6-21(32)20-23/h2-20,29-30H,1H3,(H,34,39)/t29-,30-/m1/s1. The Kier molecular flexibility index (Phi) is 6.69. The fourth-order valence-electron chi connectivity index (χ4n) is 4.88. The van der Waals surface area contributed by atoms with Gasteiger partial charge in [0.15, 0.2) is 5.11 Å². The van der Waals surface area contributed by atoms with E-state index in [2.05, 4.69) is 15.2 Å². The van der Waals surface area contributed by atoms with Crippen molar-refractivity contribution in [2.45, 2.75) is 12.1 Å². The number of benzene rings is 3. The molecule has 1 saturated heterocycles. The number of ether oxygens (including phenoxy) is 2. The zero-order chi connectivity index (χ0) is 26.8. The van der Waals surface area contributed by atoms with Gasteiger partial charge < -0.3 is 24.3 Å². The molecule has 3 aromatic carbocycles. The van der Waals surface area contributed by atoms with Crippen molar-refractivity contribution in [3.05, 3.63) is 133 Å². The van der Waals surface area contributed by atoms with Crippen LogP contribution < -0.4 is 19.7 Å². The molecule has 194 valence electrons. The third-order valence-corrected chi connectivity index (χ3v) is 6.99. The van der Waals surface area contributed by atoms with Gasteiger partial charge in [0.1, 0.15) is 29.1 Å². The van der Waals surface area contributed by atoms with Crippen molar-refractivity contribution < 1.29 is 13.9 Å². The lowest BCUT2D eigenvalue weighted by atomic mass is 10.0. The second-order valence-corrected chi connectivity index (χ2v) is 9.44. The quantitative estimate of drug-likeness (QED) is 0.226. The number of hydrogen-bond donors (Lipinski definition) is 1. The molecule has 8 heteroatoms. The fraction of sp³-hybridized carbons (Fsp3) is 0.0968. The van der Waals surface area contributed by atoms with E-state index in [4.69, 9.17) is 21.7 Å². The minimum Gasteiger partial charge on any atom is -0.497 e. The largest absolute Gasteiger partial charge is 0.497 e. The summed E-state index contributed by atoms with van der Waals surface area (Å²) in [5.74, 6) is 1.88. The molecule has 0 unspecified atom stereocenters.